The summed E-state index contributed by atoms with van der Waals surface area (Å²) in [5.41, 5.74) is 9.05. The van der Waals surface area contributed by atoms with Crippen LogP contribution in [0.2, 0.25) is 0 Å². The molecule has 0 aliphatic carbocycles. The fraction of sp³-hybridized carbons (Fsp3) is 0.333. The number of aromatic nitrogens is 2. The number of nitrogens with one attached hydrogen (secondary N) is 1. The second-order valence-corrected chi connectivity index (χ2v) is 4.02. The molecule has 0 atom stereocenters. The van der Waals surface area contributed by atoms with Gasteiger partial charge >= 0.3 is 0 Å². The van der Waals surface area contributed by atoms with E-state index < -0.39 is 0 Å². The molecule has 1 amide bonds. The third kappa shape index (κ3) is 2.29. The Morgan fingerprint density at radius 3 is 2.94 bits per heavy atom. The molecule has 5 nitrogen and oxygen atoms in total. The van der Waals surface area contributed by atoms with Crippen molar-refractivity contribution in [3.63, 3.8) is 0 Å². The Kier molecular flexibility index (Phi) is 3.10. The average molecular weight is 232 g/mol. The van der Waals surface area contributed by atoms with E-state index in [0.29, 0.717) is 13.0 Å². The highest BCUT2D eigenvalue weighted by Crippen LogP contribution is 2.15. The molecule has 0 aromatic carbocycles. The SMILES string of the molecule is Cc1nc2ccc(NC(=O)CCN)cn2c1C. The summed E-state index contributed by atoms with van der Waals surface area (Å²) in [5.74, 6) is -0.0682. The number of hydrogen-bond acceptors (Lipinski definition) is 3. The fourth-order valence-corrected chi connectivity index (χ4v) is 1.71. The summed E-state index contributed by atoms with van der Waals surface area (Å²) in [5, 5.41) is 2.80. The molecule has 5 heteroatoms. The zero-order valence-corrected chi connectivity index (χ0v) is 10.0. The number of carbonyl (C=O) groups is 1. The molecule has 2 heterocycles. The molecule has 0 bridgehead atoms. The number of imidazole rings is 1. The molecule has 0 radical (unpaired) electrons. The Morgan fingerprint density at radius 2 is 2.24 bits per heavy atom. The van der Waals surface area contributed by atoms with Crippen molar-refractivity contribution in [3.8, 4) is 0 Å². The lowest BCUT2D eigenvalue weighted by molar-refractivity contribution is -0.116. The molecule has 3 N–H and O–H groups in total. The van der Waals surface area contributed by atoms with Gasteiger partial charge in [0.1, 0.15) is 5.65 Å². The molecule has 17 heavy (non-hydrogen) atoms. The fourth-order valence-electron chi connectivity index (χ4n) is 1.71. The van der Waals surface area contributed by atoms with E-state index in [2.05, 4.69) is 10.3 Å². The Bertz CT molecular complexity index is 559. The molecule has 0 aliphatic rings. The quantitative estimate of drug-likeness (QED) is 0.836. The van der Waals surface area contributed by atoms with Crippen molar-refractivity contribution in [2.24, 2.45) is 5.73 Å². The summed E-state index contributed by atoms with van der Waals surface area (Å²) in [7, 11) is 0. The van der Waals surface area contributed by atoms with Gasteiger partial charge in [0.2, 0.25) is 5.91 Å². The van der Waals surface area contributed by atoms with Crippen LogP contribution in [0.5, 0.6) is 0 Å². The lowest BCUT2D eigenvalue weighted by Gasteiger charge is -2.05. The molecular weight excluding hydrogens is 216 g/mol. The highest BCUT2D eigenvalue weighted by atomic mass is 16.1. The molecule has 2 aromatic rings. The number of carbonyl (C=O) groups excluding carboxylic acids is 1. The van der Waals surface area contributed by atoms with Gasteiger partial charge in [0, 0.05) is 24.9 Å². The minimum atomic E-state index is -0.0682. The maximum Gasteiger partial charge on any atom is 0.225 e. The van der Waals surface area contributed by atoms with Crippen molar-refractivity contribution in [1.29, 1.82) is 0 Å². The molecule has 0 aliphatic heterocycles. The van der Waals surface area contributed by atoms with E-state index in [1.54, 1.807) is 0 Å². The van der Waals surface area contributed by atoms with Crippen LogP contribution >= 0.6 is 0 Å². The van der Waals surface area contributed by atoms with E-state index in [-0.39, 0.29) is 5.91 Å². The third-order valence-electron chi connectivity index (χ3n) is 2.75. The maximum atomic E-state index is 11.4. The molecular formula is C12H16N4O. The van der Waals surface area contributed by atoms with Gasteiger partial charge in [-0.2, -0.15) is 0 Å². The number of nitrogens with zero attached hydrogens (tertiary/aromatic N) is 2. The first-order valence-corrected chi connectivity index (χ1v) is 5.57. The number of amides is 1. The number of pyridine rings is 1. The van der Waals surface area contributed by atoms with Gasteiger partial charge in [-0.1, -0.05) is 0 Å². The predicted octanol–water partition coefficient (Wildman–Crippen LogP) is 1.24. The van der Waals surface area contributed by atoms with E-state index in [1.807, 2.05) is 36.6 Å². The van der Waals surface area contributed by atoms with Crippen molar-refractivity contribution in [2.45, 2.75) is 20.3 Å². The highest BCUT2D eigenvalue weighted by Gasteiger charge is 2.06. The standard InChI is InChI=1S/C12H16N4O/c1-8-9(2)16-7-10(3-4-11(16)14-8)15-12(17)5-6-13/h3-4,7H,5-6,13H2,1-2H3,(H,15,17). The van der Waals surface area contributed by atoms with Gasteiger partial charge in [0.25, 0.3) is 0 Å². The molecule has 0 unspecified atom stereocenters. The predicted molar refractivity (Wildman–Crippen MR) is 67.0 cm³/mol. The van der Waals surface area contributed by atoms with Gasteiger partial charge in [-0.15, -0.1) is 0 Å². The number of nitrogens with two attached hydrogens (primary N) is 1. The molecule has 0 spiro atoms. The van der Waals surface area contributed by atoms with Gasteiger partial charge < -0.3 is 15.5 Å². The smallest absolute Gasteiger partial charge is 0.225 e. The monoisotopic (exact) mass is 232 g/mol. The van der Waals surface area contributed by atoms with Gasteiger partial charge in [-0.05, 0) is 26.0 Å². The minimum Gasteiger partial charge on any atom is -0.330 e. The summed E-state index contributed by atoms with van der Waals surface area (Å²) in [6.45, 7) is 4.33. The van der Waals surface area contributed by atoms with Crippen LogP contribution in [0.1, 0.15) is 17.8 Å². The highest BCUT2D eigenvalue weighted by molar-refractivity contribution is 5.90. The second kappa shape index (κ2) is 4.55. The van der Waals surface area contributed by atoms with E-state index in [1.165, 1.54) is 0 Å². The van der Waals surface area contributed by atoms with Crippen LogP contribution in [-0.2, 0) is 4.79 Å². The summed E-state index contributed by atoms with van der Waals surface area (Å²) in [6, 6.07) is 3.73. The summed E-state index contributed by atoms with van der Waals surface area (Å²) in [6.07, 6.45) is 2.21. The first-order chi connectivity index (χ1) is 8.11. The zero-order valence-electron chi connectivity index (χ0n) is 10.0. The first-order valence-electron chi connectivity index (χ1n) is 5.57. The number of fused-ring (bicyclic) bond motifs is 1. The van der Waals surface area contributed by atoms with Gasteiger partial charge in [0.15, 0.2) is 0 Å². The van der Waals surface area contributed by atoms with Crippen LogP contribution in [-0.4, -0.2) is 21.8 Å². The summed E-state index contributed by atoms with van der Waals surface area (Å²) >= 11 is 0. The lowest BCUT2D eigenvalue weighted by Crippen LogP contribution is -2.16. The van der Waals surface area contributed by atoms with Gasteiger partial charge in [-0.3, -0.25) is 4.79 Å². The number of rotatable bonds is 3. The van der Waals surface area contributed by atoms with Crippen LogP contribution in [0.3, 0.4) is 0 Å². The average Bonchev–Trinajstić information content (AvgIpc) is 2.56. The Labute approximate surface area is 99.6 Å². The first kappa shape index (κ1) is 11.6. The van der Waals surface area contributed by atoms with Crippen molar-refractivity contribution in [3.05, 3.63) is 29.7 Å². The summed E-state index contributed by atoms with van der Waals surface area (Å²) in [4.78, 5) is 15.8. The molecule has 2 aromatic heterocycles. The lowest BCUT2D eigenvalue weighted by atomic mass is 10.3. The molecule has 90 valence electrons. The Hall–Kier alpha value is -1.88. The molecule has 0 saturated heterocycles. The molecule has 2 rings (SSSR count). The minimum absolute atomic E-state index is 0.0682. The van der Waals surface area contributed by atoms with Gasteiger partial charge in [0.05, 0.1) is 11.4 Å². The summed E-state index contributed by atoms with van der Waals surface area (Å²) < 4.78 is 1.97. The van der Waals surface area contributed by atoms with Crippen LogP contribution in [0, 0.1) is 13.8 Å². The van der Waals surface area contributed by atoms with Gasteiger partial charge in [-0.25, -0.2) is 4.98 Å². The maximum absolute atomic E-state index is 11.4. The number of aryl methyl sites for hydroxylation is 2. The largest absolute Gasteiger partial charge is 0.330 e. The van der Waals surface area contributed by atoms with E-state index in [0.717, 1.165) is 22.7 Å². The second-order valence-electron chi connectivity index (χ2n) is 4.02. The molecule has 0 saturated carbocycles. The normalized spacial score (nSPS) is 10.8. The number of anilines is 1. The van der Waals surface area contributed by atoms with Crippen LogP contribution in [0.4, 0.5) is 5.69 Å². The van der Waals surface area contributed by atoms with Crippen molar-refractivity contribution < 1.29 is 4.79 Å². The van der Waals surface area contributed by atoms with Crippen LogP contribution in [0.25, 0.3) is 5.65 Å². The molecule has 0 fully saturated rings. The third-order valence-corrected chi connectivity index (χ3v) is 2.75. The Morgan fingerprint density at radius 1 is 1.47 bits per heavy atom. The van der Waals surface area contributed by atoms with Crippen molar-refractivity contribution in [2.75, 3.05) is 11.9 Å². The Balaban J connectivity index is 2.31. The van der Waals surface area contributed by atoms with E-state index in [9.17, 15) is 4.79 Å². The van der Waals surface area contributed by atoms with Crippen LogP contribution in [0.15, 0.2) is 18.3 Å². The van der Waals surface area contributed by atoms with Crippen LogP contribution < -0.4 is 11.1 Å². The van der Waals surface area contributed by atoms with E-state index >= 15 is 0 Å². The van der Waals surface area contributed by atoms with Crippen molar-refractivity contribution in [1.82, 2.24) is 9.38 Å². The van der Waals surface area contributed by atoms with Crippen molar-refractivity contribution >= 4 is 17.2 Å². The van der Waals surface area contributed by atoms with E-state index in [4.69, 9.17) is 5.73 Å². The number of hydrogen-bond donors (Lipinski definition) is 2. The topological polar surface area (TPSA) is 72.4 Å². The zero-order chi connectivity index (χ0) is 12.4.